The SMILES string of the molecule is CCC1(COCOc2ccc(OCOc3ccc4c(c3)C(C)c3cc(OC(=O)c5ccc(OCOCC6(CC)COC6)cc5)ccc3-4)cc2)COC1. The van der Waals surface area contributed by atoms with Crippen molar-refractivity contribution < 1.29 is 47.4 Å². The summed E-state index contributed by atoms with van der Waals surface area (Å²) in [7, 11) is 0. The summed E-state index contributed by atoms with van der Waals surface area (Å²) in [5.74, 6) is 2.84. The molecule has 0 aromatic heterocycles. The molecule has 1 atom stereocenters. The van der Waals surface area contributed by atoms with E-state index >= 15 is 0 Å². The number of benzene rings is 4. The van der Waals surface area contributed by atoms with Crippen molar-refractivity contribution in [3.63, 3.8) is 0 Å². The molecule has 0 radical (unpaired) electrons. The predicted octanol–water partition coefficient (Wildman–Crippen LogP) is 8.01. The molecule has 2 aliphatic heterocycles. The van der Waals surface area contributed by atoms with Crippen LogP contribution in [0.2, 0.25) is 0 Å². The molecule has 4 aromatic carbocycles. The zero-order chi connectivity index (χ0) is 36.0. The Morgan fingerprint density at radius 1 is 0.596 bits per heavy atom. The Kier molecular flexibility index (Phi) is 11.0. The second-order valence-electron chi connectivity index (χ2n) is 13.9. The molecule has 1 unspecified atom stereocenters. The molecule has 0 N–H and O–H groups in total. The standard InChI is InChI=1S/C42H46O10/c1-4-41(20-44-21-41)24-46-26-48-31-8-6-30(7-9-31)40(43)52-35-15-17-37-36-16-14-34(18-38(36)29(3)39(37)19-35)51-28-50-33-12-10-32(11-13-33)49-27-47-25-42(5-2)22-45-23-42/h6-19,29H,4-5,20-28H2,1-3H3. The molecule has 0 saturated carbocycles. The topological polar surface area (TPSA) is 100 Å². The summed E-state index contributed by atoms with van der Waals surface area (Å²) in [5, 5.41) is 0. The zero-order valence-corrected chi connectivity index (χ0v) is 30.0. The molecule has 0 bridgehead atoms. The summed E-state index contributed by atoms with van der Waals surface area (Å²) in [6, 6.07) is 26.1. The van der Waals surface area contributed by atoms with Gasteiger partial charge in [0.05, 0.1) is 45.2 Å². The minimum Gasteiger partial charge on any atom is -0.468 e. The van der Waals surface area contributed by atoms with Crippen LogP contribution in [0.5, 0.6) is 28.7 Å². The molecule has 52 heavy (non-hydrogen) atoms. The van der Waals surface area contributed by atoms with Crippen molar-refractivity contribution in [3.05, 3.63) is 102 Å². The van der Waals surface area contributed by atoms with Crippen molar-refractivity contribution in [1.82, 2.24) is 0 Å². The van der Waals surface area contributed by atoms with E-state index in [0.29, 0.717) is 47.5 Å². The molecular weight excluding hydrogens is 664 g/mol. The van der Waals surface area contributed by atoms with Gasteiger partial charge in [-0.2, -0.15) is 0 Å². The van der Waals surface area contributed by atoms with Crippen LogP contribution in [0.25, 0.3) is 11.1 Å². The van der Waals surface area contributed by atoms with E-state index in [2.05, 4.69) is 26.8 Å². The first-order valence-electron chi connectivity index (χ1n) is 17.9. The number of ether oxygens (including phenoxy) is 9. The van der Waals surface area contributed by atoms with E-state index in [9.17, 15) is 4.79 Å². The van der Waals surface area contributed by atoms with Crippen LogP contribution in [-0.2, 0) is 18.9 Å². The monoisotopic (exact) mass is 710 g/mol. The Bertz CT molecular complexity index is 1800. The van der Waals surface area contributed by atoms with Gasteiger partial charge in [-0.15, -0.1) is 0 Å². The summed E-state index contributed by atoms with van der Waals surface area (Å²) >= 11 is 0. The van der Waals surface area contributed by atoms with Gasteiger partial charge in [0.2, 0.25) is 6.79 Å². The van der Waals surface area contributed by atoms with Gasteiger partial charge in [0.1, 0.15) is 28.7 Å². The van der Waals surface area contributed by atoms with Gasteiger partial charge in [-0.3, -0.25) is 0 Å². The van der Waals surface area contributed by atoms with Gasteiger partial charge in [0, 0.05) is 16.7 Å². The van der Waals surface area contributed by atoms with Gasteiger partial charge >= 0.3 is 5.97 Å². The molecule has 2 saturated heterocycles. The van der Waals surface area contributed by atoms with Crippen LogP contribution in [0.3, 0.4) is 0 Å². The molecule has 10 heteroatoms. The Labute approximate surface area is 304 Å². The van der Waals surface area contributed by atoms with E-state index in [1.54, 1.807) is 24.3 Å². The predicted molar refractivity (Wildman–Crippen MR) is 193 cm³/mol. The fourth-order valence-electron chi connectivity index (χ4n) is 6.56. The second kappa shape index (κ2) is 16.0. The molecule has 0 spiro atoms. The summed E-state index contributed by atoms with van der Waals surface area (Å²) in [6.45, 7) is 11.0. The maximum atomic E-state index is 13.0. The smallest absolute Gasteiger partial charge is 0.343 e. The molecule has 274 valence electrons. The Morgan fingerprint density at radius 3 is 1.50 bits per heavy atom. The first kappa shape index (κ1) is 35.8. The molecule has 2 fully saturated rings. The van der Waals surface area contributed by atoms with Gasteiger partial charge < -0.3 is 42.6 Å². The number of hydrogen-bond acceptors (Lipinski definition) is 10. The van der Waals surface area contributed by atoms with Gasteiger partial charge in [-0.1, -0.05) is 32.9 Å². The molecule has 2 heterocycles. The van der Waals surface area contributed by atoms with E-state index in [1.165, 1.54) is 0 Å². The lowest BCUT2D eigenvalue weighted by Gasteiger charge is -2.40. The van der Waals surface area contributed by atoms with Crippen molar-refractivity contribution in [1.29, 1.82) is 0 Å². The van der Waals surface area contributed by atoms with Crippen molar-refractivity contribution in [2.45, 2.75) is 39.5 Å². The van der Waals surface area contributed by atoms with Crippen molar-refractivity contribution in [2.24, 2.45) is 10.8 Å². The van der Waals surface area contributed by atoms with Crippen LogP contribution < -0.4 is 23.7 Å². The highest BCUT2D eigenvalue weighted by atomic mass is 16.7. The molecule has 10 nitrogen and oxygen atoms in total. The second-order valence-corrected chi connectivity index (χ2v) is 13.9. The summed E-state index contributed by atoms with van der Waals surface area (Å²) in [6.07, 6.45) is 2.04. The number of carbonyl (C=O) groups is 1. The van der Waals surface area contributed by atoms with Gasteiger partial charge in [0.25, 0.3) is 0 Å². The maximum absolute atomic E-state index is 13.0. The fraction of sp³-hybridized carbons (Fsp3) is 0.405. The van der Waals surface area contributed by atoms with Crippen LogP contribution in [0, 0.1) is 10.8 Å². The number of hydrogen-bond donors (Lipinski definition) is 0. The van der Waals surface area contributed by atoms with E-state index in [1.807, 2.05) is 54.6 Å². The van der Waals surface area contributed by atoms with Crippen molar-refractivity contribution in [2.75, 3.05) is 60.0 Å². The quantitative estimate of drug-likeness (QED) is 0.0437. The van der Waals surface area contributed by atoms with E-state index in [4.69, 9.17) is 42.6 Å². The Morgan fingerprint density at radius 2 is 1.02 bits per heavy atom. The zero-order valence-electron chi connectivity index (χ0n) is 30.0. The normalized spacial score (nSPS) is 17.6. The Hall–Kier alpha value is -4.61. The lowest BCUT2D eigenvalue weighted by Crippen LogP contribution is -2.45. The highest BCUT2D eigenvalue weighted by Crippen LogP contribution is 2.47. The molecule has 4 aromatic rings. The first-order chi connectivity index (χ1) is 25.4. The third-order valence-electron chi connectivity index (χ3n) is 10.4. The third-order valence-corrected chi connectivity index (χ3v) is 10.4. The highest BCUT2D eigenvalue weighted by Gasteiger charge is 2.38. The van der Waals surface area contributed by atoms with E-state index in [-0.39, 0.29) is 37.1 Å². The number of carbonyl (C=O) groups excluding carboxylic acids is 1. The minimum atomic E-state index is -0.437. The van der Waals surface area contributed by atoms with Gasteiger partial charge in [-0.25, -0.2) is 4.79 Å². The van der Waals surface area contributed by atoms with Gasteiger partial charge in [0.15, 0.2) is 13.6 Å². The van der Waals surface area contributed by atoms with E-state index in [0.717, 1.165) is 61.5 Å². The molecule has 7 rings (SSSR count). The van der Waals surface area contributed by atoms with Crippen molar-refractivity contribution >= 4 is 5.97 Å². The van der Waals surface area contributed by atoms with E-state index < -0.39 is 5.97 Å². The maximum Gasteiger partial charge on any atom is 0.343 e. The van der Waals surface area contributed by atoms with Crippen LogP contribution in [0.1, 0.15) is 61.0 Å². The number of rotatable bonds is 18. The summed E-state index contributed by atoms with van der Waals surface area (Å²) in [4.78, 5) is 13.0. The van der Waals surface area contributed by atoms with Crippen LogP contribution in [-0.4, -0.2) is 66.0 Å². The molecule has 3 aliphatic rings. The fourth-order valence-corrected chi connectivity index (χ4v) is 6.56. The van der Waals surface area contributed by atoms with Crippen LogP contribution in [0.4, 0.5) is 0 Å². The lowest BCUT2D eigenvalue weighted by molar-refractivity contribution is -0.162. The highest BCUT2D eigenvalue weighted by molar-refractivity contribution is 5.91. The average Bonchev–Trinajstić information content (AvgIpc) is 3.41. The Balaban J connectivity index is 0.860. The number of fused-ring (bicyclic) bond motifs is 3. The lowest BCUT2D eigenvalue weighted by atomic mass is 9.84. The largest absolute Gasteiger partial charge is 0.468 e. The molecule has 1 aliphatic carbocycles. The van der Waals surface area contributed by atoms with Gasteiger partial charge in [-0.05, 0) is 108 Å². The molecule has 0 amide bonds. The van der Waals surface area contributed by atoms with Crippen LogP contribution in [0.15, 0.2) is 84.9 Å². The number of esters is 1. The summed E-state index contributed by atoms with van der Waals surface area (Å²) in [5.41, 5.74) is 5.14. The average molecular weight is 711 g/mol. The van der Waals surface area contributed by atoms with Crippen molar-refractivity contribution in [3.8, 4) is 39.9 Å². The third kappa shape index (κ3) is 8.05. The van der Waals surface area contributed by atoms with Crippen LogP contribution >= 0.6 is 0 Å². The molecular formula is C42H46O10. The first-order valence-corrected chi connectivity index (χ1v) is 17.9. The summed E-state index contributed by atoms with van der Waals surface area (Å²) < 4.78 is 51.1. The minimum absolute atomic E-state index is 0.0566.